The Hall–Kier alpha value is -1.23. The lowest BCUT2D eigenvalue weighted by Crippen LogP contribution is -2.26. The maximum absolute atomic E-state index is 13.4. The summed E-state index contributed by atoms with van der Waals surface area (Å²) in [6, 6.07) is 4.28. The number of thiol groups is 1. The number of anilines is 1. The third-order valence-corrected chi connectivity index (χ3v) is 3.55. The van der Waals surface area contributed by atoms with Gasteiger partial charge in [-0.25, -0.2) is 4.39 Å². The van der Waals surface area contributed by atoms with Gasteiger partial charge in [0.2, 0.25) is 5.91 Å². The molecule has 2 rings (SSSR count). The van der Waals surface area contributed by atoms with Crippen LogP contribution in [0.5, 0.6) is 5.75 Å². The fraction of sp³-hybridized carbons (Fsp3) is 0.500. The van der Waals surface area contributed by atoms with Crippen molar-refractivity contribution in [3.63, 3.8) is 0 Å². The number of hydrogen-bond donors (Lipinski definition) is 1. The Bertz CT molecular complexity index is 479. The largest absolute Gasteiger partial charge is 0.489 e. The van der Waals surface area contributed by atoms with Crippen LogP contribution in [0.15, 0.2) is 18.2 Å². The van der Waals surface area contributed by atoms with Crippen LogP contribution in [0.2, 0.25) is 0 Å². The van der Waals surface area contributed by atoms with Gasteiger partial charge in [-0.05, 0) is 37.7 Å². The topological polar surface area (TPSA) is 29.5 Å². The minimum absolute atomic E-state index is 0.00161. The highest BCUT2D eigenvalue weighted by molar-refractivity contribution is 7.80. The number of ether oxygens (including phenoxy) is 1. The van der Waals surface area contributed by atoms with Crippen LogP contribution >= 0.6 is 12.6 Å². The molecule has 0 N–H and O–H groups in total. The van der Waals surface area contributed by atoms with E-state index in [2.05, 4.69) is 12.6 Å². The molecule has 1 amide bonds. The van der Waals surface area contributed by atoms with E-state index in [1.807, 2.05) is 13.8 Å². The summed E-state index contributed by atoms with van der Waals surface area (Å²) in [5, 5.41) is 0. The smallest absolute Gasteiger partial charge is 0.227 e. The Kier molecular flexibility index (Phi) is 4.34. The Labute approximate surface area is 118 Å². The first-order chi connectivity index (χ1) is 9.01. The number of carbonyl (C=O) groups is 1. The highest BCUT2D eigenvalue weighted by Crippen LogP contribution is 2.34. The van der Waals surface area contributed by atoms with Crippen LogP contribution in [0.25, 0.3) is 0 Å². The van der Waals surface area contributed by atoms with E-state index in [0.717, 1.165) is 0 Å². The molecule has 0 bridgehead atoms. The highest BCUT2D eigenvalue weighted by Gasteiger charge is 2.31. The van der Waals surface area contributed by atoms with Crippen LogP contribution in [-0.4, -0.2) is 24.3 Å². The van der Waals surface area contributed by atoms with E-state index in [1.165, 1.54) is 12.1 Å². The van der Waals surface area contributed by atoms with E-state index >= 15 is 0 Å². The number of benzene rings is 1. The summed E-state index contributed by atoms with van der Waals surface area (Å²) in [7, 11) is 0. The minimum Gasteiger partial charge on any atom is -0.489 e. The standard InChI is InChI=1S/C14H18FNO2S/c1-9(2)18-13-4-3-11(15)6-12(13)16-7-10(8-19)5-14(16)17/h3-4,6,9-10,19H,5,7-8H2,1-2H3. The lowest BCUT2D eigenvalue weighted by atomic mass is 10.1. The summed E-state index contributed by atoms with van der Waals surface area (Å²) in [5.74, 6) is 1.04. The quantitative estimate of drug-likeness (QED) is 0.861. The van der Waals surface area contributed by atoms with Gasteiger partial charge in [-0.2, -0.15) is 12.6 Å². The van der Waals surface area contributed by atoms with E-state index in [9.17, 15) is 9.18 Å². The number of nitrogens with zero attached hydrogens (tertiary/aromatic N) is 1. The molecule has 0 saturated carbocycles. The van der Waals surface area contributed by atoms with Crippen LogP contribution in [-0.2, 0) is 4.79 Å². The molecule has 0 aliphatic carbocycles. The van der Waals surface area contributed by atoms with Crippen molar-refractivity contribution < 1.29 is 13.9 Å². The molecule has 0 aromatic heterocycles. The molecular weight excluding hydrogens is 265 g/mol. The lowest BCUT2D eigenvalue weighted by molar-refractivity contribution is -0.117. The van der Waals surface area contributed by atoms with Gasteiger partial charge in [0.15, 0.2) is 0 Å². The zero-order chi connectivity index (χ0) is 14.0. The fourth-order valence-corrected chi connectivity index (χ4v) is 2.44. The van der Waals surface area contributed by atoms with Crippen molar-refractivity contribution in [3.8, 4) is 5.75 Å². The molecule has 1 unspecified atom stereocenters. The molecule has 1 aromatic rings. The van der Waals surface area contributed by atoms with Gasteiger partial charge in [-0.15, -0.1) is 0 Å². The predicted octanol–water partition coefficient (Wildman–Crippen LogP) is 2.90. The first-order valence-corrected chi connectivity index (χ1v) is 7.02. The van der Waals surface area contributed by atoms with Crippen molar-refractivity contribution in [2.45, 2.75) is 26.4 Å². The van der Waals surface area contributed by atoms with Crippen molar-refractivity contribution in [2.75, 3.05) is 17.2 Å². The summed E-state index contributed by atoms with van der Waals surface area (Å²) in [4.78, 5) is 13.6. The SMILES string of the molecule is CC(C)Oc1ccc(F)cc1N1CC(CS)CC1=O. The Morgan fingerprint density at radius 3 is 2.84 bits per heavy atom. The summed E-state index contributed by atoms with van der Waals surface area (Å²) in [6.07, 6.45) is 0.434. The number of rotatable bonds is 4. The van der Waals surface area contributed by atoms with Crippen LogP contribution in [0, 0.1) is 11.7 Å². The molecule has 1 aromatic carbocycles. The van der Waals surface area contributed by atoms with Crippen LogP contribution in [0.3, 0.4) is 0 Å². The molecule has 3 nitrogen and oxygen atoms in total. The lowest BCUT2D eigenvalue weighted by Gasteiger charge is -2.21. The van der Waals surface area contributed by atoms with E-state index in [1.54, 1.807) is 11.0 Å². The first-order valence-electron chi connectivity index (χ1n) is 6.38. The number of carbonyl (C=O) groups excluding carboxylic acids is 1. The molecule has 0 spiro atoms. The highest BCUT2D eigenvalue weighted by atomic mass is 32.1. The van der Waals surface area contributed by atoms with Crippen molar-refractivity contribution in [1.29, 1.82) is 0 Å². The van der Waals surface area contributed by atoms with E-state index < -0.39 is 0 Å². The molecule has 1 saturated heterocycles. The number of amides is 1. The van der Waals surface area contributed by atoms with E-state index in [0.29, 0.717) is 30.2 Å². The molecule has 5 heteroatoms. The van der Waals surface area contributed by atoms with Gasteiger partial charge in [0.25, 0.3) is 0 Å². The molecule has 1 heterocycles. The molecule has 1 fully saturated rings. The van der Waals surface area contributed by atoms with Crippen LogP contribution in [0.4, 0.5) is 10.1 Å². The van der Waals surface area contributed by atoms with Gasteiger partial charge in [-0.1, -0.05) is 0 Å². The summed E-state index contributed by atoms with van der Waals surface area (Å²) in [6.45, 7) is 4.37. The maximum Gasteiger partial charge on any atom is 0.227 e. The molecule has 19 heavy (non-hydrogen) atoms. The number of halogens is 1. The fourth-order valence-electron chi connectivity index (χ4n) is 2.19. The second kappa shape index (κ2) is 5.82. The zero-order valence-electron chi connectivity index (χ0n) is 11.1. The first kappa shape index (κ1) is 14.2. The molecule has 1 atom stereocenters. The zero-order valence-corrected chi connectivity index (χ0v) is 12.0. The minimum atomic E-state index is -0.367. The van der Waals surface area contributed by atoms with Gasteiger partial charge in [0.05, 0.1) is 11.8 Å². The van der Waals surface area contributed by atoms with Crippen molar-refractivity contribution >= 4 is 24.2 Å². The van der Waals surface area contributed by atoms with Gasteiger partial charge >= 0.3 is 0 Å². The van der Waals surface area contributed by atoms with E-state index in [4.69, 9.17) is 4.74 Å². The Morgan fingerprint density at radius 1 is 1.53 bits per heavy atom. The van der Waals surface area contributed by atoms with Gasteiger partial charge < -0.3 is 9.64 Å². The summed E-state index contributed by atoms with van der Waals surface area (Å²) < 4.78 is 19.1. The normalized spacial score (nSPS) is 19.3. The molecular formula is C14H18FNO2S. The third-order valence-electron chi connectivity index (χ3n) is 3.04. The third kappa shape index (κ3) is 3.21. The average Bonchev–Trinajstić information content (AvgIpc) is 2.72. The predicted molar refractivity (Wildman–Crippen MR) is 76.5 cm³/mol. The molecule has 104 valence electrons. The van der Waals surface area contributed by atoms with Crippen molar-refractivity contribution in [1.82, 2.24) is 0 Å². The van der Waals surface area contributed by atoms with E-state index in [-0.39, 0.29) is 23.7 Å². The van der Waals surface area contributed by atoms with Gasteiger partial charge in [0, 0.05) is 19.0 Å². The molecule has 0 radical (unpaired) electrons. The monoisotopic (exact) mass is 283 g/mol. The average molecular weight is 283 g/mol. The van der Waals surface area contributed by atoms with Crippen LogP contribution < -0.4 is 9.64 Å². The number of hydrogen-bond acceptors (Lipinski definition) is 3. The van der Waals surface area contributed by atoms with Crippen molar-refractivity contribution in [2.24, 2.45) is 5.92 Å². The van der Waals surface area contributed by atoms with Crippen molar-refractivity contribution in [3.05, 3.63) is 24.0 Å². The van der Waals surface area contributed by atoms with Crippen LogP contribution in [0.1, 0.15) is 20.3 Å². The second-order valence-electron chi connectivity index (χ2n) is 5.04. The summed E-state index contributed by atoms with van der Waals surface area (Å²) >= 11 is 4.23. The molecule has 1 aliphatic rings. The maximum atomic E-state index is 13.4. The Morgan fingerprint density at radius 2 is 2.26 bits per heavy atom. The van der Waals surface area contributed by atoms with Gasteiger partial charge in [0.1, 0.15) is 11.6 Å². The Balaban J connectivity index is 2.32. The summed E-state index contributed by atoms with van der Waals surface area (Å²) in [5.41, 5.74) is 0.517. The second-order valence-corrected chi connectivity index (χ2v) is 5.40. The molecule has 1 aliphatic heterocycles. The van der Waals surface area contributed by atoms with Gasteiger partial charge in [-0.3, -0.25) is 4.79 Å².